The number of amides is 1. The molecule has 2 unspecified atom stereocenters. The number of carbonyl (C=O) groups is 2. The van der Waals surface area contributed by atoms with Crippen molar-refractivity contribution in [2.24, 2.45) is 0 Å². The topological polar surface area (TPSA) is 95.9 Å². The van der Waals surface area contributed by atoms with Crippen LogP contribution in [0.5, 0.6) is 0 Å². The van der Waals surface area contributed by atoms with Gasteiger partial charge in [0, 0.05) is 12.8 Å². The third-order valence-corrected chi connectivity index (χ3v) is 16.7. The lowest BCUT2D eigenvalue weighted by molar-refractivity contribution is -0.143. The standard InChI is InChI=1S/C73H139NO5/c1-3-5-7-9-11-13-15-17-19-38-41-45-49-53-57-61-65-71(76)70(69-75)74-72(77)66-62-58-54-50-46-42-39-35-33-31-29-27-25-23-21-20-22-24-26-28-30-32-34-36-40-44-48-52-56-60-64-68-79-73(78)67-63-59-55-51-47-43-37-18-16-14-12-10-8-6-4-2/h22,24,28,30,61,65,70-71,75-76H,3-21,23,25-27,29,31-60,62-64,66-69H2,1-2H3,(H,74,77)/b24-22-,30-28-,65-61+. The first-order chi connectivity index (χ1) is 39.0. The highest BCUT2D eigenvalue weighted by Crippen LogP contribution is 2.18. The average molecular weight is 1110 g/mol. The Labute approximate surface area is 494 Å². The van der Waals surface area contributed by atoms with Crippen LogP contribution in [-0.2, 0) is 14.3 Å². The highest BCUT2D eigenvalue weighted by molar-refractivity contribution is 5.76. The Morgan fingerprint density at radius 3 is 0.962 bits per heavy atom. The normalized spacial score (nSPS) is 12.7. The fraction of sp³-hybridized carbons (Fsp3) is 0.890. The van der Waals surface area contributed by atoms with Crippen LogP contribution >= 0.6 is 0 Å². The van der Waals surface area contributed by atoms with E-state index in [0.29, 0.717) is 19.4 Å². The number of aliphatic hydroxyl groups is 2. The van der Waals surface area contributed by atoms with E-state index in [4.69, 9.17) is 4.74 Å². The molecule has 0 aromatic rings. The molecule has 466 valence electrons. The highest BCUT2D eigenvalue weighted by atomic mass is 16.5. The van der Waals surface area contributed by atoms with Crippen LogP contribution in [0.1, 0.15) is 393 Å². The molecule has 0 aliphatic heterocycles. The molecular weight excluding hydrogens is 971 g/mol. The van der Waals surface area contributed by atoms with Gasteiger partial charge in [0.1, 0.15) is 0 Å². The van der Waals surface area contributed by atoms with Gasteiger partial charge >= 0.3 is 5.97 Å². The van der Waals surface area contributed by atoms with Gasteiger partial charge in [0.25, 0.3) is 0 Å². The van der Waals surface area contributed by atoms with E-state index < -0.39 is 12.1 Å². The van der Waals surface area contributed by atoms with Gasteiger partial charge in [0.2, 0.25) is 5.91 Å². The average Bonchev–Trinajstić information content (AvgIpc) is 3.45. The number of aliphatic hydroxyl groups excluding tert-OH is 2. The van der Waals surface area contributed by atoms with Gasteiger partial charge in [-0.05, 0) is 64.2 Å². The van der Waals surface area contributed by atoms with Crippen LogP contribution in [0.25, 0.3) is 0 Å². The smallest absolute Gasteiger partial charge is 0.305 e. The van der Waals surface area contributed by atoms with Crippen LogP contribution in [0.3, 0.4) is 0 Å². The van der Waals surface area contributed by atoms with Gasteiger partial charge in [-0.2, -0.15) is 0 Å². The van der Waals surface area contributed by atoms with Crippen LogP contribution in [0.2, 0.25) is 0 Å². The van der Waals surface area contributed by atoms with Crippen molar-refractivity contribution >= 4 is 11.9 Å². The number of allylic oxidation sites excluding steroid dienone is 5. The molecule has 0 heterocycles. The Bertz CT molecular complexity index is 1280. The lowest BCUT2D eigenvalue weighted by Crippen LogP contribution is -2.45. The van der Waals surface area contributed by atoms with E-state index in [9.17, 15) is 19.8 Å². The molecule has 0 aliphatic carbocycles. The van der Waals surface area contributed by atoms with E-state index in [2.05, 4.69) is 43.5 Å². The Kier molecular flexibility index (Phi) is 66.9. The molecule has 0 saturated heterocycles. The van der Waals surface area contributed by atoms with Crippen molar-refractivity contribution in [3.8, 4) is 0 Å². The zero-order chi connectivity index (χ0) is 57.1. The van der Waals surface area contributed by atoms with Crippen molar-refractivity contribution in [1.29, 1.82) is 0 Å². The van der Waals surface area contributed by atoms with Crippen molar-refractivity contribution < 1.29 is 24.5 Å². The first-order valence-electron chi connectivity index (χ1n) is 35.8. The Balaban J connectivity index is 3.40. The maximum atomic E-state index is 12.5. The second-order valence-corrected chi connectivity index (χ2v) is 24.6. The molecule has 0 fully saturated rings. The van der Waals surface area contributed by atoms with E-state index in [1.165, 1.54) is 321 Å². The second-order valence-electron chi connectivity index (χ2n) is 24.6. The first-order valence-corrected chi connectivity index (χ1v) is 35.8. The molecule has 0 radical (unpaired) electrons. The summed E-state index contributed by atoms with van der Waals surface area (Å²) in [6.07, 6.45) is 88.0. The second kappa shape index (κ2) is 68.6. The number of carbonyl (C=O) groups excluding carboxylic acids is 2. The summed E-state index contributed by atoms with van der Waals surface area (Å²) < 4.78 is 5.49. The van der Waals surface area contributed by atoms with E-state index in [1.54, 1.807) is 6.08 Å². The fourth-order valence-corrected chi connectivity index (χ4v) is 11.2. The van der Waals surface area contributed by atoms with Gasteiger partial charge in [-0.15, -0.1) is 0 Å². The summed E-state index contributed by atoms with van der Waals surface area (Å²) in [5, 5.41) is 23.2. The van der Waals surface area contributed by atoms with Crippen molar-refractivity contribution in [2.75, 3.05) is 13.2 Å². The zero-order valence-electron chi connectivity index (χ0n) is 53.4. The molecule has 0 spiro atoms. The molecular formula is C73H139NO5. The van der Waals surface area contributed by atoms with E-state index in [0.717, 1.165) is 44.9 Å². The quantitative estimate of drug-likeness (QED) is 0.0320. The van der Waals surface area contributed by atoms with Gasteiger partial charge in [-0.1, -0.05) is 352 Å². The number of unbranched alkanes of at least 4 members (excludes halogenated alkanes) is 52. The summed E-state index contributed by atoms with van der Waals surface area (Å²) in [4.78, 5) is 24.6. The molecule has 6 nitrogen and oxygen atoms in total. The highest BCUT2D eigenvalue weighted by Gasteiger charge is 2.18. The van der Waals surface area contributed by atoms with Gasteiger partial charge in [0.15, 0.2) is 0 Å². The van der Waals surface area contributed by atoms with Crippen molar-refractivity contribution in [3.05, 3.63) is 36.5 Å². The monoisotopic (exact) mass is 1110 g/mol. The molecule has 2 atom stereocenters. The van der Waals surface area contributed by atoms with E-state index in [-0.39, 0.29) is 18.5 Å². The molecule has 0 aliphatic rings. The number of nitrogens with one attached hydrogen (secondary N) is 1. The molecule has 0 saturated carbocycles. The minimum Gasteiger partial charge on any atom is -0.466 e. The van der Waals surface area contributed by atoms with Crippen LogP contribution in [0.15, 0.2) is 36.5 Å². The van der Waals surface area contributed by atoms with Gasteiger partial charge in [-0.3, -0.25) is 9.59 Å². The summed E-state index contributed by atoms with van der Waals surface area (Å²) in [5.41, 5.74) is 0. The molecule has 79 heavy (non-hydrogen) atoms. The van der Waals surface area contributed by atoms with Crippen LogP contribution < -0.4 is 5.32 Å². The third-order valence-electron chi connectivity index (χ3n) is 16.7. The van der Waals surface area contributed by atoms with E-state index >= 15 is 0 Å². The number of rotatable bonds is 67. The summed E-state index contributed by atoms with van der Waals surface area (Å²) in [6, 6.07) is -0.628. The maximum absolute atomic E-state index is 12.5. The van der Waals surface area contributed by atoms with Crippen molar-refractivity contribution in [1.82, 2.24) is 5.32 Å². The molecule has 0 aromatic carbocycles. The fourth-order valence-electron chi connectivity index (χ4n) is 11.2. The lowest BCUT2D eigenvalue weighted by atomic mass is 10.0. The van der Waals surface area contributed by atoms with Crippen LogP contribution in [-0.4, -0.2) is 47.4 Å². The Morgan fingerprint density at radius 1 is 0.354 bits per heavy atom. The first kappa shape index (κ1) is 77.1. The van der Waals surface area contributed by atoms with Crippen LogP contribution in [0, 0.1) is 0 Å². The van der Waals surface area contributed by atoms with Crippen molar-refractivity contribution in [3.63, 3.8) is 0 Å². The Hall–Kier alpha value is -1.92. The molecule has 1 amide bonds. The SMILES string of the molecule is CCCCCCCCCCCCCCCC/C=C/C(O)C(CO)NC(=O)CCCCCCCCCCCCCCCCC/C=C\C/C=C\CCCCCCCCCCCOC(=O)CCCCCCCCCCCCCCCCC. The zero-order valence-corrected chi connectivity index (χ0v) is 53.4. The predicted molar refractivity (Wildman–Crippen MR) is 347 cm³/mol. The van der Waals surface area contributed by atoms with Gasteiger partial charge < -0.3 is 20.3 Å². The van der Waals surface area contributed by atoms with Gasteiger partial charge in [0.05, 0.1) is 25.4 Å². The summed E-state index contributed by atoms with van der Waals surface area (Å²) in [7, 11) is 0. The summed E-state index contributed by atoms with van der Waals surface area (Å²) in [6.45, 7) is 4.94. The lowest BCUT2D eigenvalue weighted by Gasteiger charge is -2.20. The Morgan fingerprint density at radius 2 is 0.633 bits per heavy atom. The number of hydrogen-bond donors (Lipinski definition) is 3. The molecule has 0 aromatic heterocycles. The minimum absolute atomic E-state index is 0.0162. The predicted octanol–water partition coefficient (Wildman–Crippen LogP) is 23.1. The summed E-state index contributed by atoms with van der Waals surface area (Å²) >= 11 is 0. The van der Waals surface area contributed by atoms with Gasteiger partial charge in [-0.25, -0.2) is 0 Å². The minimum atomic E-state index is -0.844. The van der Waals surface area contributed by atoms with E-state index in [1.807, 2.05) is 6.08 Å². The van der Waals surface area contributed by atoms with Crippen molar-refractivity contribution in [2.45, 2.75) is 405 Å². The molecule has 0 bridgehead atoms. The summed E-state index contributed by atoms with van der Waals surface area (Å²) in [5.74, 6) is -0.0487. The number of esters is 1. The third kappa shape index (κ3) is 65.1. The largest absolute Gasteiger partial charge is 0.466 e. The molecule has 0 rings (SSSR count). The maximum Gasteiger partial charge on any atom is 0.305 e. The number of hydrogen-bond acceptors (Lipinski definition) is 5. The molecule has 3 N–H and O–H groups in total. The number of ether oxygens (including phenoxy) is 1. The van der Waals surface area contributed by atoms with Crippen LogP contribution in [0.4, 0.5) is 0 Å². The molecule has 6 heteroatoms.